The fourth-order valence-corrected chi connectivity index (χ4v) is 3.88. The van der Waals surface area contributed by atoms with Crippen molar-refractivity contribution >= 4 is 28.7 Å². The first-order chi connectivity index (χ1) is 14.6. The second-order valence-corrected chi connectivity index (χ2v) is 7.79. The molecule has 0 spiro atoms. The zero-order valence-corrected chi connectivity index (χ0v) is 18.2. The summed E-state index contributed by atoms with van der Waals surface area (Å²) in [6.07, 6.45) is 8.95. The molecule has 0 atom stereocenters. The maximum absolute atomic E-state index is 11.6. The fraction of sp³-hybridized carbons (Fsp3) is 0.458. The Morgan fingerprint density at radius 2 is 1.87 bits per heavy atom. The average molecular weight is 408 g/mol. The molecule has 0 unspecified atom stereocenters. The van der Waals surface area contributed by atoms with Gasteiger partial charge < -0.3 is 10.2 Å². The number of allylic oxidation sites excluding steroid dienone is 2. The monoisotopic (exact) mass is 407 g/mol. The second kappa shape index (κ2) is 10.8. The Labute approximate surface area is 180 Å². The maximum atomic E-state index is 11.6. The molecule has 0 radical (unpaired) electrons. The van der Waals surface area contributed by atoms with Gasteiger partial charge in [-0.1, -0.05) is 43.7 Å². The first kappa shape index (κ1) is 21.8. The van der Waals surface area contributed by atoms with Crippen LogP contribution in [0.3, 0.4) is 0 Å². The lowest BCUT2D eigenvalue weighted by atomic mass is 10.1. The van der Waals surface area contributed by atoms with Gasteiger partial charge in [0.25, 0.3) is 0 Å². The lowest BCUT2D eigenvalue weighted by Gasteiger charge is -2.25. The number of para-hydroxylation sites is 1. The number of hydrogen-bond donors (Lipinski definition) is 1. The Balaban J connectivity index is 1.86. The van der Waals surface area contributed by atoms with Crippen LogP contribution in [0.15, 0.2) is 53.1 Å². The van der Waals surface area contributed by atoms with Crippen LogP contribution in [0.4, 0.5) is 5.69 Å². The first-order valence-corrected chi connectivity index (χ1v) is 10.9. The third-order valence-corrected chi connectivity index (χ3v) is 5.42. The fourth-order valence-electron chi connectivity index (χ4n) is 3.88. The van der Waals surface area contributed by atoms with Crippen LogP contribution in [0.1, 0.15) is 45.1 Å². The number of piperazine rings is 1. The van der Waals surface area contributed by atoms with Crippen LogP contribution in [-0.2, 0) is 4.79 Å². The van der Waals surface area contributed by atoms with Gasteiger partial charge in [0.05, 0.1) is 23.7 Å². The van der Waals surface area contributed by atoms with Crippen molar-refractivity contribution in [3.63, 3.8) is 0 Å². The van der Waals surface area contributed by atoms with Crippen LogP contribution in [0.2, 0.25) is 0 Å². The van der Waals surface area contributed by atoms with Gasteiger partial charge in [-0.05, 0) is 38.8 Å². The summed E-state index contributed by atoms with van der Waals surface area (Å²) in [6, 6.07) is 8.40. The zero-order valence-electron chi connectivity index (χ0n) is 18.2. The average Bonchev–Trinajstić information content (AvgIpc) is 3.03. The highest BCUT2D eigenvalue weighted by molar-refractivity contribution is 6.46. The van der Waals surface area contributed by atoms with Gasteiger partial charge in [0, 0.05) is 30.9 Å². The quantitative estimate of drug-likeness (QED) is 0.729. The molecular weight excluding hydrogens is 374 g/mol. The van der Waals surface area contributed by atoms with Gasteiger partial charge in [-0.3, -0.25) is 9.80 Å². The molecular formula is C24H33N5O. The van der Waals surface area contributed by atoms with E-state index in [-0.39, 0.29) is 12.5 Å². The van der Waals surface area contributed by atoms with Crippen LogP contribution < -0.4 is 10.2 Å². The van der Waals surface area contributed by atoms with Crippen molar-refractivity contribution in [1.82, 2.24) is 10.3 Å². The number of anilines is 1. The van der Waals surface area contributed by atoms with Crippen molar-refractivity contribution in [2.75, 3.05) is 37.6 Å². The smallest absolute Gasteiger partial charge is 0.241 e. The van der Waals surface area contributed by atoms with Gasteiger partial charge in [0.2, 0.25) is 5.91 Å². The molecule has 0 aromatic heterocycles. The van der Waals surface area contributed by atoms with Crippen LogP contribution >= 0.6 is 0 Å². The van der Waals surface area contributed by atoms with Crippen molar-refractivity contribution in [3.05, 3.63) is 48.6 Å². The van der Waals surface area contributed by atoms with Crippen molar-refractivity contribution in [1.29, 1.82) is 0 Å². The Morgan fingerprint density at radius 3 is 2.57 bits per heavy atom. The van der Waals surface area contributed by atoms with Gasteiger partial charge >= 0.3 is 0 Å². The number of benzene rings is 1. The first-order valence-electron chi connectivity index (χ1n) is 10.9. The number of nitrogens with zero attached hydrogens (tertiary/aromatic N) is 4. The highest BCUT2D eigenvalue weighted by Gasteiger charge is 2.17. The summed E-state index contributed by atoms with van der Waals surface area (Å²) in [5, 5.41) is 9.25. The van der Waals surface area contributed by atoms with Crippen LogP contribution in [0.25, 0.3) is 5.70 Å². The Morgan fingerprint density at radius 1 is 1.13 bits per heavy atom. The van der Waals surface area contributed by atoms with E-state index in [1.54, 1.807) is 5.01 Å². The second-order valence-electron chi connectivity index (χ2n) is 7.79. The molecule has 6 nitrogen and oxygen atoms in total. The number of hydrogen-bond acceptors (Lipinski definition) is 5. The van der Waals surface area contributed by atoms with E-state index in [0.29, 0.717) is 13.1 Å². The molecule has 2 fully saturated rings. The number of rotatable bonds is 6. The minimum absolute atomic E-state index is 0.00175. The standard InChI is InChI=1S/C24H33N5O/c1-4-11-22(20(3)27-29-17-14-25-24(30)18-29)26-19(2)21-12-7-8-13-23(21)28-15-9-5-6-10-16-28/h4,7-8,11-13H,2,5-6,9-10,14-18H2,1,3H3,(H,25,30)/b11-4-,26-22?,27-20+. The molecule has 2 saturated heterocycles. The van der Waals surface area contributed by atoms with E-state index in [0.717, 1.165) is 35.8 Å². The number of hydrazone groups is 1. The lowest BCUT2D eigenvalue weighted by molar-refractivity contribution is -0.124. The van der Waals surface area contributed by atoms with Gasteiger partial charge in [0.1, 0.15) is 6.54 Å². The molecule has 2 aliphatic heterocycles. The van der Waals surface area contributed by atoms with Crippen LogP contribution in [0, 0.1) is 0 Å². The number of carbonyl (C=O) groups excluding carboxylic acids is 1. The van der Waals surface area contributed by atoms with E-state index >= 15 is 0 Å². The summed E-state index contributed by atoms with van der Waals surface area (Å²) in [6.45, 7) is 11.9. The summed E-state index contributed by atoms with van der Waals surface area (Å²) in [7, 11) is 0. The normalized spacial score (nSPS) is 19.1. The molecule has 1 amide bonds. The van der Waals surface area contributed by atoms with E-state index in [1.807, 2.05) is 32.1 Å². The molecule has 3 rings (SSSR count). The van der Waals surface area contributed by atoms with E-state index < -0.39 is 0 Å². The maximum Gasteiger partial charge on any atom is 0.241 e. The summed E-state index contributed by atoms with van der Waals surface area (Å²) < 4.78 is 0. The third-order valence-electron chi connectivity index (χ3n) is 5.42. The summed E-state index contributed by atoms with van der Waals surface area (Å²) in [5.41, 5.74) is 4.53. The third kappa shape index (κ3) is 5.81. The SMILES string of the molecule is C=C(N=C(/C=C\C)/C(C)=N/N1CCNC(=O)C1)c1ccccc1N1CCCCCC1. The topological polar surface area (TPSA) is 60.3 Å². The molecule has 30 heavy (non-hydrogen) atoms. The lowest BCUT2D eigenvalue weighted by Crippen LogP contribution is -2.45. The van der Waals surface area contributed by atoms with Crippen LogP contribution in [-0.4, -0.2) is 55.1 Å². The summed E-state index contributed by atoms with van der Waals surface area (Å²) in [5.74, 6) is -0.00175. The highest BCUT2D eigenvalue weighted by atomic mass is 16.2. The van der Waals surface area contributed by atoms with Gasteiger partial charge in [-0.15, -0.1) is 0 Å². The minimum Gasteiger partial charge on any atom is -0.371 e. The van der Waals surface area contributed by atoms with E-state index in [2.05, 4.69) is 40.1 Å². The zero-order chi connectivity index (χ0) is 21.3. The predicted molar refractivity (Wildman–Crippen MR) is 126 cm³/mol. The van der Waals surface area contributed by atoms with Crippen molar-refractivity contribution in [2.45, 2.75) is 39.5 Å². The Hall–Kier alpha value is -2.89. The molecule has 2 aliphatic rings. The van der Waals surface area contributed by atoms with E-state index in [4.69, 9.17) is 4.99 Å². The number of aliphatic imine (C=N–C) groups is 1. The minimum atomic E-state index is -0.00175. The molecule has 2 heterocycles. The number of carbonyl (C=O) groups is 1. The van der Waals surface area contributed by atoms with Crippen molar-refractivity contribution in [3.8, 4) is 0 Å². The molecule has 1 aromatic carbocycles. The summed E-state index contributed by atoms with van der Waals surface area (Å²) >= 11 is 0. The van der Waals surface area contributed by atoms with Crippen molar-refractivity contribution in [2.24, 2.45) is 10.1 Å². The molecule has 1 N–H and O–H groups in total. The molecule has 0 saturated carbocycles. The summed E-state index contributed by atoms with van der Waals surface area (Å²) in [4.78, 5) is 19.0. The largest absolute Gasteiger partial charge is 0.371 e. The predicted octanol–water partition coefficient (Wildman–Crippen LogP) is 3.86. The number of amides is 1. The van der Waals surface area contributed by atoms with E-state index in [1.165, 1.54) is 31.4 Å². The molecule has 0 aliphatic carbocycles. The van der Waals surface area contributed by atoms with Crippen molar-refractivity contribution < 1.29 is 4.79 Å². The van der Waals surface area contributed by atoms with Gasteiger partial charge in [-0.25, -0.2) is 4.99 Å². The Bertz CT molecular complexity index is 847. The Kier molecular flexibility index (Phi) is 7.82. The van der Waals surface area contributed by atoms with Crippen LogP contribution in [0.5, 0.6) is 0 Å². The number of nitrogens with one attached hydrogen (secondary N) is 1. The van der Waals surface area contributed by atoms with Gasteiger partial charge in [-0.2, -0.15) is 5.10 Å². The molecule has 160 valence electrons. The molecule has 6 heteroatoms. The molecule has 0 bridgehead atoms. The molecule has 1 aromatic rings. The highest BCUT2D eigenvalue weighted by Crippen LogP contribution is 2.29. The van der Waals surface area contributed by atoms with E-state index in [9.17, 15) is 4.79 Å². The van der Waals surface area contributed by atoms with Gasteiger partial charge in [0.15, 0.2) is 0 Å².